The Labute approximate surface area is 243 Å². The van der Waals surface area contributed by atoms with Crippen molar-refractivity contribution in [1.82, 2.24) is 0 Å². The Hall–Kier alpha value is -5.06. The highest BCUT2D eigenvalue weighted by Gasteiger charge is 2.26. The van der Waals surface area contributed by atoms with Gasteiger partial charge in [-0.15, -0.1) is 0 Å². The second kappa shape index (κ2) is 13.5. The van der Waals surface area contributed by atoms with Gasteiger partial charge in [-0.1, -0.05) is 0 Å². The third-order valence-electron chi connectivity index (χ3n) is 6.56. The molecule has 0 saturated heterocycles. The molecule has 222 valence electrons. The maximum absolute atomic E-state index is 12.6. The number of nitrogens with zero attached hydrogens (tertiary/aromatic N) is 2. The first kappa shape index (κ1) is 31.5. The number of carbonyl (C=O) groups excluding carboxylic acids is 2. The number of nitrogens with two attached hydrogens (primary N) is 1. The topological polar surface area (TPSA) is 154 Å². The minimum Gasteiger partial charge on any atom is -0.494 e. The number of hydrogen-bond acceptors (Lipinski definition) is 10. The zero-order valence-corrected chi connectivity index (χ0v) is 24.7. The Kier molecular flexibility index (Phi) is 10.1. The molecule has 0 spiro atoms. The highest BCUT2D eigenvalue weighted by atomic mass is 16.5. The van der Waals surface area contributed by atoms with Crippen molar-refractivity contribution in [3.05, 3.63) is 58.9 Å². The van der Waals surface area contributed by atoms with Crippen molar-refractivity contribution in [2.24, 2.45) is 4.99 Å². The largest absolute Gasteiger partial charge is 0.494 e. The van der Waals surface area contributed by atoms with Gasteiger partial charge >= 0.3 is 11.9 Å². The van der Waals surface area contributed by atoms with Crippen molar-refractivity contribution < 1.29 is 38.1 Å². The van der Waals surface area contributed by atoms with Crippen LogP contribution in [0.3, 0.4) is 0 Å². The van der Waals surface area contributed by atoms with Crippen molar-refractivity contribution in [3.8, 4) is 28.2 Å². The van der Waals surface area contributed by atoms with E-state index in [0.29, 0.717) is 33.8 Å². The van der Waals surface area contributed by atoms with Gasteiger partial charge in [0, 0.05) is 68.0 Å². The fourth-order valence-electron chi connectivity index (χ4n) is 4.57. The van der Waals surface area contributed by atoms with Gasteiger partial charge in [0.15, 0.2) is 0 Å². The van der Waals surface area contributed by atoms with Crippen LogP contribution in [0.25, 0.3) is 33.4 Å². The summed E-state index contributed by atoms with van der Waals surface area (Å²) in [7, 11) is 9.75. The lowest BCUT2D eigenvalue weighted by atomic mass is 9.87. The standard InChI is InChI=1S/C29H31N3O6.C2H4O2/c1-31-17-7-9-19-23(13-17)38-24-14-18(32(2)3)8-10-20(24)27(19)21-11-16(12-25(33)35-4)28(30)29(37-6)22(21)15-26(34)36-5;1-2(3)4/h7-11,13-14H,12,15,30H2,1-6H3;1H3,(H,3,4). The Morgan fingerprint density at radius 2 is 1.60 bits per heavy atom. The lowest BCUT2D eigenvalue weighted by Gasteiger charge is -2.23. The summed E-state index contributed by atoms with van der Waals surface area (Å²) in [5.41, 5.74) is 11.6. The van der Waals surface area contributed by atoms with E-state index < -0.39 is 17.9 Å². The summed E-state index contributed by atoms with van der Waals surface area (Å²) in [5, 5.41) is 8.98. The van der Waals surface area contributed by atoms with E-state index in [4.69, 9.17) is 34.3 Å². The maximum Gasteiger partial charge on any atom is 0.310 e. The normalized spacial score (nSPS) is 11.1. The Bertz CT molecular complexity index is 1670. The highest BCUT2D eigenvalue weighted by Crippen LogP contribution is 2.46. The number of nitrogen functional groups attached to an aromatic ring is 1. The number of esters is 2. The van der Waals surface area contributed by atoms with Crippen LogP contribution in [0.2, 0.25) is 0 Å². The van der Waals surface area contributed by atoms with Gasteiger partial charge in [-0.25, -0.2) is 0 Å². The number of aliphatic carboxylic acids is 1. The first-order valence-electron chi connectivity index (χ1n) is 12.9. The second-order valence-electron chi connectivity index (χ2n) is 9.49. The number of carboxylic acid groups (broad SMARTS) is 1. The number of rotatable bonds is 7. The van der Waals surface area contributed by atoms with Gasteiger partial charge in [0.2, 0.25) is 0 Å². The molecule has 2 aliphatic rings. The summed E-state index contributed by atoms with van der Waals surface area (Å²) in [5.74, 6) is -0.825. The van der Waals surface area contributed by atoms with E-state index in [2.05, 4.69) is 4.99 Å². The van der Waals surface area contributed by atoms with E-state index in [1.807, 2.05) is 61.5 Å². The molecule has 3 N–H and O–H groups in total. The van der Waals surface area contributed by atoms with E-state index in [-0.39, 0.29) is 18.5 Å². The van der Waals surface area contributed by atoms with E-state index in [1.54, 1.807) is 7.05 Å². The molecule has 2 aromatic rings. The van der Waals surface area contributed by atoms with E-state index in [1.165, 1.54) is 21.3 Å². The summed E-state index contributed by atoms with van der Waals surface area (Å²) in [6.45, 7) is 1.08. The van der Waals surface area contributed by atoms with Crippen LogP contribution in [0, 0.1) is 0 Å². The number of benzene rings is 3. The van der Waals surface area contributed by atoms with Gasteiger partial charge in [0.1, 0.15) is 17.1 Å². The second-order valence-corrected chi connectivity index (χ2v) is 9.49. The summed E-state index contributed by atoms with van der Waals surface area (Å²) in [4.78, 5) is 40.1. The lowest BCUT2D eigenvalue weighted by molar-refractivity contribution is -0.140. The average molecular weight is 578 g/mol. The number of fused-ring (bicyclic) bond motifs is 2. The van der Waals surface area contributed by atoms with E-state index >= 15 is 0 Å². The molecule has 11 nitrogen and oxygen atoms in total. The van der Waals surface area contributed by atoms with Crippen LogP contribution in [-0.4, -0.2) is 65.5 Å². The zero-order valence-electron chi connectivity index (χ0n) is 24.7. The number of methoxy groups -OCH3 is 3. The number of ether oxygens (including phenoxy) is 3. The van der Waals surface area contributed by atoms with Crippen LogP contribution in [0.5, 0.6) is 5.75 Å². The van der Waals surface area contributed by atoms with Crippen molar-refractivity contribution in [1.29, 1.82) is 0 Å². The lowest BCUT2D eigenvalue weighted by Crippen LogP contribution is -2.13. The molecule has 1 heterocycles. The molecule has 1 aliphatic heterocycles. The van der Waals surface area contributed by atoms with Gasteiger partial charge < -0.3 is 34.4 Å². The molecule has 0 fully saturated rings. The monoisotopic (exact) mass is 577 g/mol. The number of carboxylic acids is 1. The van der Waals surface area contributed by atoms with Crippen LogP contribution in [0.15, 0.2) is 51.9 Å². The van der Waals surface area contributed by atoms with Gasteiger partial charge in [-0.05, 0) is 41.5 Å². The quantitative estimate of drug-likeness (QED) is 0.188. The molecule has 1 aliphatic carbocycles. The van der Waals surface area contributed by atoms with E-state index in [9.17, 15) is 9.59 Å². The molecular weight excluding hydrogens is 542 g/mol. The Morgan fingerprint density at radius 1 is 0.952 bits per heavy atom. The molecule has 4 rings (SSSR count). The van der Waals surface area contributed by atoms with Crippen molar-refractivity contribution >= 4 is 40.3 Å². The van der Waals surface area contributed by atoms with Crippen LogP contribution in [0.4, 0.5) is 11.4 Å². The predicted molar refractivity (Wildman–Crippen MR) is 160 cm³/mol. The van der Waals surface area contributed by atoms with Gasteiger partial charge in [-0.3, -0.25) is 19.4 Å². The molecule has 42 heavy (non-hydrogen) atoms. The van der Waals surface area contributed by atoms with Crippen molar-refractivity contribution in [3.63, 3.8) is 0 Å². The summed E-state index contributed by atoms with van der Waals surface area (Å²) in [6, 6.07) is 13.4. The third-order valence-corrected chi connectivity index (χ3v) is 6.56. The fraction of sp³-hybridized carbons (Fsp3) is 0.290. The Morgan fingerprint density at radius 3 is 2.17 bits per heavy atom. The molecule has 11 heteroatoms. The molecule has 0 saturated carbocycles. The van der Waals surface area contributed by atoms with Gasteiger partial charge in [-0.2, -0.15) is 0 Å². The fourth-order valence-corrected chi connectivity index (χ4v) is 4.57. The van der Waals surface area contributed by atoms with Gasteiger partial charge in [0.25, 0.3) is 5.97 Å². The molecule has 0 bridgehead atoms. The van der Waals surface area contributed by atoms with Crippen LogP contribution < -0.4 is 20.7 Å². The summed E-state index contributed by atoms with van der Waals surface area (Å²) in [6.07, 6.45) is -0.161. The SMILES string of the molecule is CC(=O)O.CN=c1ccc2c(-c3cc(CC(=O)OC)c(N)c(OC)c3CC(=O)OC)c3ccc(N(C)C)cc3oc-2c1. The smallest absolute Gasteiger partial charge is 0.310 e. The highest BCUT2D eigenvalue weighted by molar-refractivity contribution is 6.05. The maximum atomic E-state index is 12.6. The minimum absolute atomic E-state index is 0.0685. The molecule has 2 aromatic carbocycles. The van der Waals surface area contributed by atoms with Gasteiger partial charge in [0.05, 0.1) is 45.2 Å². The number of hydrogen-bond donors (Lipinski definition) is 2. The average Bonchev–Trinajstić information content (AvgIpc) is 2.96. The molecule has 0 aromatic heterocycles. The summed E-state index contributed by atoms with van der Waals surface area (Å²) >= 11 is 0. The van der Waals surface area contributed by atoms with Crippen LogP contribution in [-0.2, 0) is 36.7 Å². The molecule has 0 amide bonds. The predicted octanol–water partition coefficient (Wildman–Crippen LogP) is 3.91. The minimum atomic E-state index is -0.833. The van der Waals surface area contributed by atoms with Crippen LogP contribution in [0.1, 0.15) is 18.1 Å². The molecule has 0 unspecified atom stereocenters. The van der Waals surface area contributed by atoms with Crippen molar-refractivity contribution in [2.45, 2.75) is 19.8 Å². The number of anilines is 2. The van der Waals surface area contributed by atoms with Crippen LogP contribution >= 0.6 is 0 Å². The third kappa shape index (κ3) is 6.80. The first-order chi connectivity index (χ1) is 19.9. The molecule has 0 radical (unpaired) electrons. The number of carbonyl (C=O) groups is 3. The molecule has 0 atom stereocenters. The first-order valence-corrected chi connectivity index (χ1v) is 12.9. The zero-order chi connectivity index (χ0) is 31.1. The summed E-state index contributed by atoms with van der Waals surface area (Å²) < 4.78 is 22.0. The molecular formula is C31H35N3O8. The van der Waals surface area contributed by atoms with E-state index in [0.717, 1.165) is 34.5 Å². The Balaban J connectivity index is 0.00000114. The van der Waals surface area contributed by atoms with Crippen molar-refractivity contribution in [2.75, 3.05) is 53.1 Å².